The van der Waals surface area contributed by atoms with Crippen LogP contribution in [0.1, 0.15) is 32.5 Å². The number of carbonyl (C=O) groups excluding carboxylic acids is 2. The lowest BCUT2D eigenvalue weighted by Crippen LogP contribution is -2.29. The lowest BCUT2D eigenvalue weighted by atomic mass is 10.1. The molecule has 0 unspecified atom stereocenters. The first kappa shape index (κ1) is 23.1. The fraction of sp³-hybridized carbons (Fsp3) is 0.167. The van der Waals surface area contributed by atoms with Crippen molar-refractivity contribution in [3.8, 4) is 0 Å². The Morgan fingerprint density at radius 2 is 1.31 bits per heavy atom. The summed E-state index contributed by atoms with van der Waals surface area (Å²) in [5.41, 5.74) is 0.569. The predicted molar refractivity (Wildman–Crippen MR) is 116 cm³/mol. The molecule has 0 heterocycles. The normalized spacial score (nSPS) is 13.1. The molecule has 0 aliphatic heterocycles. The molecule has 3 aromatic carbocycles. The highest BCUT2D eigenvalue weighted by molar-refractivity contribution is 7.90. The molecule has 8 heteroatoms. The van der Waals surface area contributed by atoms with Crippen LogP contribution in [0.5, 0.6) is 0 Å². The highest BCUT2D eigenvalue weighted by atomic mass is 32.2. The Hall–Kier alpha value is -3.52. The summed E-state index contributed by atoms with van der Waals surface area (Å²) < 4.78 is 49.1. The van der Waals surface area contributed by atoms with E-state index in [4.69, 9.17) is 9.47 Å². The fourth-order valence-corrected chi connectivity index (χ4v) is 3.52. The third kappa shape index (κ3) is 6.01. The zero-order chi connectivity index (χ0) is 23.1. The SMILES string of the molecule is CS(=O)(=O)c1ccc([C@H](F)[C@H](COC(=O)c2ccccc2)OC(=O)c2ccccc2)cc1. The Labute approximate surface area is 185 Å². The van der Waals surface area contributed by atoms with Crippen LogP contribution in [0.3, 0.4) is 0 Å². The zero-order valence-corrected chi connectivity index (χ0v) is 18.0. The lowest BCUT2D eigenvalue weighted by Gasteiger charge is -2.22. The van der Waals surface area contributed by atoms with Crippen LogP contribution in [-0.4, -0.2) is 39.3 Å². The molecule has 0 radical (unpaired) electrons. The van der Waals surface area contributed by atoms with Crippen molar-refractivity contribution in [2.24, 2.45) is 0 Å². The summed E-state index contributed by atoms with van der Waals surface area (Å²) in [6.45, 7) is -0.526. The summed E-state index contributed by atoms with van der Waals surface area (Å²) in [7, 11) is -3.45. The molecule has 0 spiro atoms. The van der Waals surface area contributed by atoms with Gasteiger partial charge in [0.05, 0.1) is 16.0 Å². The van der Waals surface area contributed by atoms with Gasteiger partial charge in [-0.3, -0.25) is 0 Å². The van der Waals surface area contributed by atoms with Crippen LogP contribution in [0, 0.1) is 0 Å². The van der Waals surface area contributed by atoms with Crippen LogP contribution in [0.15, 0.2) is 89.8 Å². The Bertz CT molecular complexity index is 1160. The number of alkyl halides is 1. The number of carbonyl (C=O) groups is 2. The van der Waals surface area contributed by atoms with Gasteiger partial charge in [-0.1, -0.05) is 48.5 Å². The number of ether oxygens (including phenoxy) is 2. The van der Waals surface area contributed by atoms with Crippen LogP contribution in [0.4, 0.5) is 4.39 Å². The maximum absolute atomic E-state index is 15.3. The molecule has 0 aliphatic carbocycles. The summed E-state index contributed by atoms with van der Waals surface area (Å²) in [6, 6.07) is 21.3. The maximum Gasteiger partial charge on any atom is 0.338 e. The Balaban J connectivity index is 1.80. The number of halogens is 1. The van der Waals surface area contributed by atoms with E-state index in [9.17, 15) is 18.0 Å². The van der Waals surface area contributed by atoms with Gasteiger partial charge in [-0.2, -0.15) is 0 Å². The Morgan fingerprint density at radius 1 is 0.812 bits per heavy atom. The minimum atomic E-state index is -3.45. The lowest BCUT2D eigenvalue weighted by molar-refractivity contribution is -0.0265. The first-order valence-electron chi connectivity index (χ1n) is 9.68. The maximum atomic E-state index is 15.3. The van der Waals surface area contributed by atoms with Crippen molar-refractivity contribution >= 4 is 21.8 Å². The van der Waals surface area contributed by atoms with E-state index in [1.54, 1.807) is 48.5 Å². The van der Waals surface area contributed by atoms with E-state index < -0.39 is 40.7 Å². The molecule has 0 bridgehead atoms. The van der Waals surface area contributed by atoms with Gasteiger partial charge in [0.1, 0.15) is 6.61 Å². The zero-order valence-electron chi connectivity index (χ0n) is 17.2. The topological polar surface area (TPSA) is 86.7 Å². The van der Waals surface area contributed by atoms with Crippen molar-refractivity contribution < 1.29 is 31.9 Å². The average molecular weight is 456 g/mol. The first-order valence-corrected chi connectivity index (χ1v) is 11.6. The largest absolute Gasteiger partial charge is 0.458 e. The number of hydrogen-bond acceptors (Lipinski definition) is 6. The molecule has 0 aliphatic rings. The number of hydrogen-bond donors (Lipinski definition) is 0. The van der Waals surface area contributed by atoms with Crippen LogP contribution in [-0.2, 0) is 19.3 Å². The first-order chi connectivity index (χ1) is 15.3. The van der Waals surface area contributed by atoms with E-state index in [0.29, 0.717) is 0 Å². The van der Waals surface area contributed by atoms with Crippen LogP contribution < -0.4 is 0 Å². The summed E-state index contributed by atoms with van der Waals surface area (Å²) >= 11 is 0. The van der Waals surface area contributed by atoms with Crippen molar-refractivity contribution in [1.82, 2.24) is 0 Å². The molecule has 0 saturated heterocycles. The molecular formula is C24H21FO6S. The van der Waals surface area contributed by atoms with Crippen LogP contribution in [0.25, 0.3) is 0 Å². The average Bonchev–Trinajstić information content (AvgIpc) is 2.81. The molecule has 3 aromatic rings. The van der Waals surface area contributed by atoms with E-state index in [2.05, 4.69) is 0 Å². The standard InChI is InChI=1S/C24H21FO6S/c1-32(28,29)20-14-12-17(13-15-20)22(25)21(31-24(27)19-10-6-3-7-11-19)16-30-23(26)18-8-4-2-5-9-18/h2-15,21-22H,16H2,1H3/t21-,22-/m0/s1. The summed E-state index contributed by atoms with van der Waals surface area (Å²) in [5.74, 6) is -1.47. The van der Waals surface area contributed by atoms with E-state index in [1.165, 1.54) is 36.4 Å². The second kappa shape index (κ2) is 10.2. The summed E-state index contributed by atoms with van der Waals surface area (Å²) in [6.07, 6.45) is -2.26. The van der Waals surface area contributed by atoms with E-state index in [1.807, 2.05) is 0 Å². The number of sulfone groups is 1. The molecule has 0 N–H and O–H groups in total. The van der Waals surface area contributed by atoms with E-state index >= 15 is 4.39 Å². The van der Waals surface area contributed by atoms with Gasteiger partial charge >= 0.3 is 11.9 Å². The van der Waals surface area contributed by atoms with Gasteiger partial charge in [-0.15, -0.1) is 0 Å². The van der Waals surface area contributed by atoms with Crippen molar-refractivity contribution in [2.45, 2.75) is 17.2 Å². The van der Waals surface area contributed by atoms with Crippen molar-refractivity contribution in [1.29, 1.82) is 0 Å². The minimum Gasteiger partial charge on any atom is -0.458 e. The van der Waals surface area contributed by atoms with Gasteiger partial charge < -0.3 is 9.47 Å². The second-order valence-corrected chi connectivity index (χ2v) is 9.03. The molecule has 0 saturated carbocycles. The molecule has 32 heavy (non-hydrogen) atoms. The van der Waals surface area contributed by atoms with E-state index in [0.717, 1.165) is 6.26 Å². The quantitative estimate of drug-likeness (QED) is 0.473. The molecule has 6 nitrogen and oxygen atoms in total. The Kier molecular flexibility index (Phi) is 7.37. The van der Waals surface area contributed by atoms with Gasteiger partial charge in [-0.05, 0) is 42.0 Å². The fourth-order valence-electron chi connectivity index (χ4n) is 2.89. The molecule has 3 rings (SSSR count). The Morgan fingerprint density at radius 3 is 1.81 bits per heavy atom. The third-order valence-corrected chi connectivity index (χ3v) is 5.74. The van der Waals surface area contributed by atoms with E-state index in [-0.39, 0.29) is 21.6 Å². The molecule has 0 aromatic heterocycles. The highest BCUT2D eigenvalue weighted by Gasteiger charge is 2.29. The highest BCUT2D eigenvalue weighted by Crippen LogP contribution is 2.26. The molecule has 166 valence electrons. The van der Waals surface area contributed by atoms with Crippen molar-refractivity contribution in [3.63, 3.8) is 0 Å². The summed E-state index contributed by atoms with van der Waals surface area (Å²) in [5, 5.41) is 0. The minimum absolute atomic E-state index is 0.0294. The molecule has 0 amide bonds. The van der Waals surface area contributed by atoms with Gasteiger partial charge in [0, 0.05) is 6.26 Å². The van der Waals surface area contributed by atoms with Crippen molar-refractivity contribution in [2.75, 3.05) is 12.9 Å². The van der Waals surface area contributed by atoms with Crippen LogP contribution >= 0.6 is 0 Å². The van der Waals surface area contributed by atoms with Gasteiger partial charge in [-0.25, -0.2) is 22.4 Å². The van der Waals surface area contributed by atoms with Gasteiger partial charge in [0.15, 0.2) is 22.1 Å². The second-order valence-electron chi connectivity index (χ2n) is 7.02. The van der Waals surface area contributed by atoms with Gasteiger partial charge in [0.25, 0.3) is 0 Å². The number of rotatable bonds is 8. The monoisotopic (exact) mass is 456 g/mol. The predicted octanol–water partition coefficient (Wildman–Crippen LogP) is 4.18. The number of benzene rings is 3. The molecular weight excluding hydrogens is 435 g/mol. The summed E-state index contributed by atoms with van der Waals surface area (Å²) in [4.78, 5) is 24.8. The van der Waals surface area contributed by atoms with Crippen LogP contribution in [0.2, 0.25) is 0 Å². The third-order valence-electron chi connectivity index (χ3n) is 4.61. The molecule has 0 fully saturated rings. The smallest absolute Gasteiger partial charge is 0.338 e. The molecule has 2 atom stereocenters. The van der Waals surface area contributed by atoms with Crippen molar-refractivity contribution in [3.05, 3.63) is 102 Å². The van der Waals surface area contributed by atoms with Gasteiger partial charge in [0.2, 0.25) is 0 Å². The number of esters is 2.